The Morgan fingerprint density at radius 1 is 1.06 bits per heavy atom. The molecule has 0 radical (unpaired) electrons. The van der Waals surface area contributed by atoms with Gasteiger partial charge in [-0.05, 0) is 24.3 Å². The van der Waals surface area contributed by atoms with Gasteiger partial charge in [0.25, 0.3) is 0 Å². The van der Waals surface area contributed by atoms with Gasteiger partial charge in [0.1, 0.15) is 28.6 Å². The molecule has 0 aromatic heterocycles. The van der Waals surface area contributed by atoms with Crippen molar-refractivity contribution in [1.29, 1.82) is 5.41 Å². The number of ether oxygens (including phenoxy) is 1. The first-order valence-electron chi connectivity index (χ1n) is 5.08. The van der Waals surface area contributed by atoms with Gasteiger partial charge in [-0.3, -0.25) is 5.41 Å². The molecule has 0 bridgehead atoms. The van der Waals surface area contributed by atoms with Crippen LogP contribution < -0.4 is 10.5 Å². The molecular weight excluding hydrogens is 216 g/mol. The summed E-state index contributed by atoms with van der Waals surface area (Å²) < 4.78 is 5.57. The van der Waals surface area contributed by atoms with Gasteiger partial charge in [-0.2, -0.15) is 0 Å². The van der Waals surface area contributed by atoms with Crippen molar-refractivity contribution in [1.82, 2.24) is 0 Å². The van der Waals surface area contributed by atoms with Crippen LogP contribution in [0.1, 0.15) is 5.56 Å². The third kappa shape index (κ3) is 2.36. The first-order valence-corrected chi connectivity index (χ1v) is 5.08. The number of amidine groups is 1. The Kier molecular flexibility index (Phi) is 2.96. The number of phenols is 1. The molecule has 86 valence electrons. The molecule has 0 aliphatic carbocycles. The van der Waals surface area contributed by atoms with Crippen molar-refractivity contribution in [3.63, 3.8) is 0 Å². The Hall–Kier alpha value is -2.49. The third-order valence-electron chi connectivity index (χ3n) is 2.24. The fourth-order valence-electron chi connectivity index (χ4n) is 1.49. The highest BCUT2D eigenvalue weighted by molar-refractivity contribution is 6.00. The highest BCUT2D eigenvalue weighted by Crippen LogP contribution is 2.30. The fourth-order valence-corrected chi connectivity index (χ4v) is 1.49. The summed E-state index contributed by atoms with van der Waals surface area (Å²) in [5, 5.41) is 17.1. The molecule has 0 amide bonds. The van der Waals surface area contributed by atoms with Crippen molar-refractivity contribution in [2.75, 3.05) is 0 Å². The van der Waals surface area contributed by atoms with Gasteiger partial charge in [0.05, 0.1) is 0 Å². The van der Waals surface area contributed by atoms with Gasteiger partial charge in [0.2, 0.25) is 0 Å². The predicted octanol–water partition coefficient (Wildman–Crippen LogP) is 2.47. The van der Waals surface area contributed by atoms with E-state index >= 15 is 0 Å². The van der Waals surface area contributed by atoms with E-state index in [2.05, 4.69) is 0 Å². The lowest BCUT2D eigenvalue weighted by Crippen LogP contribution is -2.12. The topological polar surface area (TPSA) is 79.3 Å². The van der Waals surface area contributed by atoms with Gasteiger partial charge < -0.3 is 15.6 Å². The standard InChI is InChI=1S/C13H12N2O2/c14-13(15)12-10(16)7-4-8-11(12)17-9-5-2-1-3-6-9/h1-8,16H,(H3,14,15). The van der Waals surface area contributed by atoms with Crippen LogP contribution in [0.4, 0.5) is 0 Å². The molecule has 2 aromatic carbocycles. The second-order valence-electron chi connectivity index (χ2n) is 3.48. The van der Waals surface area contributed by atoms with Crippen LogP contribution in [0.15, 0.2) is 48.5 Å². The van der Waals surface area contributed by atoms with Gasteiger partial charge in [-0.1, -0.05) is 24.3 Å². The first kappa shape index (κ1) is 11.0. The van der Waals surface area contributed by atoms with E-state index in [1.807, 2.05) is 18.2 Å². The number of nitrogens with two attached hydrogens (primary N) is 1. The van der Waals surface area contributed by atoms with Crippen molar-refractivity contribution in [3.8, 4) is 17.2 Å². The highest BCUT2D eigenvalue weighted by Gasteiger charge is 2.12. The zero-order valence-electron chi connectivity index (χ0n) is 9.05. The van der Waals surface area contributed by atoms with Crippen LogP contribution in [0.25, 0.3) is 0 Å². The Balaban J connectivity index is 2.40. The zero-order valence-corrected chi connectivity index (χ0v) is 9.05. The van der Waals surface area contributed by atoms with E-state index in [9.17, 15) is 5.11 Å². The number of benzene rings is 2. The SMILES string of the molecule is N=C(N)c1c(O)cccc1Oc1ccccc1. The number of hydrogen-bond donors (Lipinski definition) is 3. The third-order valence-corrected chi connectivity index (χ3v) is 2.24. The summed E-state index contributed by atoms with van der Waals surface area (Å²) in [5.41, 5.74) is 5.62. The molecule has 0 aliphatic rings. The molecule has 4 nitrogen and oxygen atoms in total. The maximum absolute atomic E-state index is 9.64. The summed E-state index contributed by atoms with van der Waals surface area (Å²) in [6.07, 6.45) is 0. The van der Waals surface area contributed by atoms with Crippen LogP contribution in [0.2, 0.25) is 0 Å². The van der Waals surface area contributed by atoms with Crippen LogP contribution in [-0.2, 0) is 0 Å². The molecule has 0 atom stereocenters. The quantitative estimate of drug-likeness (QED) is 0.557. The van der Waals surface area contributed by atoms with E-state index < -0.39 is 0 Å². The summed E-state index contributed by atoms with van der Waals surface area (Å²) in [7, 11) is 0. The summed E-state index contributed by atoms with van der Waals surface area (Å²) in [4.78, 5) is 0. The van der Waals surface area contributed by atoms with E-state index in [0.717, 1.165) is 0 Å². The molecule has 0 heterocycles. The van der Waals surface area contributed by atoms with Crippen molar-refractivity contribution in [3.05, 3.63) is 54.1 Å². The first-order chi connectivity index (χ1) is 8.18. The number of phenolic OH excluding ortho intramolecular Hbond substituents is 1. The molecule has 17 heavy (non-hydrogen) atoms. The number of nitrogens with one attached hydrogen (secondary N) is 1. The van der Waals surface area contributed by atoms with Gasteiger partial charge in [-0.15, -0.1) is 0 Å². The monoisotopic (exact) mass is 228 g/mol. The van der Waals surface area contributed by atoms with Crippen LogP contribution in [-0.4, -0.2) is 10.9 Å². The summed E-state index contributed by atoms with van der Waals surface area (Å²) in [6.45, 7) is 0. The number of rotatable bonds is 3. The minimum atomic E-state index is -0.228. The molecular formula is C13H12N2O2. The predicted molar refractivity (Wildman–Crippen MR) is 65.6 cm³/mol. The second-order valence-corrected chi connectivity index (χ2v) is 3.48. The normalized spacial score (nSPS) is 9.88. The Morgan fingerprint density at radius 3 is 2.41 bits per heavy atom. The van der Waals surface area contributed by atoms with E-state index in [1.54, 1.807) is 24.3 Å². The van der Waals surface area contributed by atoms with Gasteiger partial charge in [-0.25, -0.2) is 0 Å². The number of nitrogen functional groups attached to an aromatic ring is 1. The molecule has 4 N–H and O–H groups in total. The zero-order chi connectivity index (χ0) is 12.3. The lowest BCUT2D eigenvalue weighted by Gasteiger charge is -2.11. The molecule has 0 saturated carbocycles. The van der Waals surface area contributed by atoms with E-state index in [-0.39, 0.29) is 17.1 Å². The second kappa shape index (κ2) is 4.57. The van der Waals surface area contributed by atoms with E-state index in [4.69, 9.17) is 15.9 Å². The molecule has 0 aliphatic heterocycles. The van der Waals surface area contributed by atoms with Gasteiger partial charge in [0.15, 0.2) is 0 Å². The smallest absolute Gasteiger partial charge is 0.142 e. The van der Waals surface area contributed by atoms with Crippen molar-refractivity contribution in [2.24, 2.45) is 5.73 Å². The number of hydrogen-bond acceptors (Lipinski definition) is 3. The summed E-state index contributed by atoms with van der Waals surface area (Å²) in [5.74, 6) is 0.698. The molecule has 0 fully saturated rings. The molecule has 4 heteroatoms. The van der Waals surface area contributed by atoms with Crippen LogP contribution in [0.3, 0.4) is 0 Å². The van der Waals surface area contributed by atoms with Crippen molar-refractivity contribution in [2.45, 2.75) is 0 Å². The largest absolute Gasteiger partial charge is 0.507 e. The number of aromatic hydroxyl groups is 1. The Bertz CT molecular complexity index is 538. The Labute approximate surface area is 98.8 Å². The highest BCUT2D eigenvalue weighted by atomic mass is 16.5. The summed E-state index contributed by atoms with van der Waals surface area (Å²) >= 11 is 0. The van der Waals surface area contributed by atoms with Crippen molar-refractivity contribution >= 4 is 5.84 Å². The molecule has 0 saturated heterocycles. The Morgan fingerprint density at radius 2 is 1.76 bits per heavy atom. The van der Waals surface area contributed by atoms with Gasteiger partial charge in [0, 0.05) is 0 Å². The van der Waals surface area contributed by atoms with Gasteiger partial charge >= 0.3 is 0 Å². The van der Waals surface area contributed by atoms with E-state index in [1.165, 1.54) is 6.07 Å². The minimum Gasteiger partial charge on any atom is -0.507 e. The molecule has 0 unspecified atom stereocenters. The van der Waals surface area contributed by atoms with Crippen LogP contribution >= 0.6 is 0 Å². The lowest BCUT2D eigenvalue weighted by molar-refractivity contribution is 0.453. The average Bonchev–Trinajstić information content (AvgIpc) is 2.30. The van der Waals surface area contributed by atoms with Crippen molar-refractivity contribution < 1.29 is 9.84 Å². The average molecular weight is 228 g/mol. The molecule has 2 rings (SSSR count). The minimum absolute atomic E-state index is 0.0640. The fraction of sp³-hybridized carbons (Fsp3) is 0. The van der Waals surface area contributed by atoms with Crippen LogP contribution in [0.5, 0.6) is 17.2 Å². The lowest BCUT2D eigenvalue weighted by atomic mass is 10.1. The maximum atomic E-state index is 9.64. The van der Waals surface area contributed by atoms with Crippen LogP contribution in [0, 0.1) is 5.41 Å². The maximum Gasteiger partial charge on any atom is 0.142 e. The number of para-hydroxylation sites is 1. The van der Waals surface area contributed by atoms with E-state index in [0.29, 0.717) is 11.5 Å². The molecule has 2 aromatic rings. The molecule has 0 spiro atoms. The summed E-state index contributed by atoms with van der Waals surface area (Å²) in [6, 6.07) is 13.9.